The summed E-state index contributed by atoms with van der Waals surface area (Å²) in [6.45, 7) is 4.07. The largest absolute Gasteiger partial charge is 0.484 e. The zero-order valence-electron chi connectivity index (χ0n) is 16.0. The molecule has 2 atom stereocenters. The van der Waals surface area contributed by atoms with Crippen LogP contribution in [0, 0.1) is 5.92 Å². The van der Waals surface area contributed by atoms with E-state index in [0.29, 0.717) is 5.02 Å². The Balaban J connectivity index is 1.81. The van der Waals surface area contributed by atoms with Gasteiger partial charge in [0.05, 0.1) is 19.0 Å². The van der Waals surface area contributed by atoms with Gasteiger partial charge in [-0.2, -0.15) is 0 Å². The van der Waals surface area contributed by atoms with Crippen molar-refractivity contribution in [3.05, 3.63) is 89.1 Å². The fourth-order valence-electron chi connectivity index (χ4n) is 2.77. The molecule has 1 heterocycles. The molecule has 0 amide bonds. The number of halogens is 1. The first kappa shape index (κ1) is 19.9. The molecule has 28 heavy (non-hydrogen) atoms. The van der Waals surface area contributed by atoms with Crippen molar-refractivity contribution in [1.29, 1.82) is 0 Å². The number of ether oxygens (including phenoxy) is 1. The Hall–Kier alpha value is -2.83. The third-order valence-electron chi connectivity index (χ3n) is 4.30. The third-order valence-corrected chi connectivity index (χ3v) is 4.56. The monoisotopic (exact) mass is 398 g/mol. The third kappa shape index (κ3) is 4.91. The van der Waals surface area contributed by atoms with Crippen molar-refractivity contribution in [1.82, 2.24) is 20.5 Å². The van der Waals surface area contributed by atoms with Crippen LogP contribution in [0.15, 0.2) is 78.4 Å². The lowest BCUT2D eigenvalue weighted by Gasteiger charge is -2.19. The van der Waals surface area contributed by atoms with Crippen molar-refractivity contribution in [2.45, 2.75) is 20.0 Å². The summed E-state index contributed by atoms with van der Waals surface area (Å²) in [4.78, 5) is 4.87. The highest BCUT2D eigenvalue weighted by molar-refractivity contribution is 6.30. The number of nitrogens with zero attached hydrogens (tertiary/aromatic N) is 3. The van der Waals surface area contributed by atoms with E-state index in [4.69, 9.17) is 21.2 Å². The average Bonchev–Trinajstić information content (AvgIpc) is 3.19. The van der Waals surface area contributed by atoms with Crippen LogP contribution in [0.2, 0.25) is 5.02 Å². The topological polar surface area (TPSA) is 61.2 Å². The van der Waals surface area contributed by atoms with Crippen molar-refractivity contribution in [3.8, 4) is 5.69 Å². The molecule has 3 rings (SSSR count). The Morgan fingerprint density at radius 2 is 2.07 bits per heavy atom. The standard InChI is InChI=1S/C21H23ClN4O2/c1-15-6-4-5-7-19(15)21(12-13-23-27-3)28-16(2)20-14-26(25-24-20)18-10-8-17(22)9-11-18/h4-16,23H,1-3H3. The van der Waals surface area contributed by atoms with E-state index in [1.807, 2.05) is 55.6 Å². The first-order valence-electron chi connectivity index (χ1n) is 8.97. The summed E-state index contributed by atoms with van der Waals surface area (Å²) < 4.78 is 7.94. The highest BCUT2D eigenvalue weighted by Crippen LogP contribution is 2.27. The highest BCUT2D eigenvalue weighted by atomic mass is 35.5. The lowest BCUT2D eigenvalue weighted by Crippen LogP contribution is -2.08. The Bertz CT molecular complexity index is 913. The number of nitrogens with one attached hydrogen (secondary N) is 1. The van der Waals surface area contributed by atoms with Crippen LogP contribution in [-0.4, -0.2) is 22.1 Å². The maximum Gasteiger partial charge on any atom is 0.141 e. The van der Waals surface area contributed by atoms with Crippen LogP contribution in [0.3, 0.4) is 0 Å². The van der Waals surface area contributed by atoms with Gasteiger partial charge in [0.15, 0.2) is 0 Å². The molecule has 0 radical (unpaired) electrons. The second kappa shape index (κ2) is 9.39. The molecule has 0 spiro atoms. The molecule has 1 aliphatic rings. The molecule has 7 heteroatoms. The molecule has 146 valence electrons. The predicted octanol–water partition coefficient (Wildman–Crippen LogP) is 4.68. The van der Waals surface area contributed by atoms with Gasteiger partial charge in [0.1, 0.15) is 17.6 Å². The van der Waals surface area contributed by atoms with Crippen LogP contribution in [0.5, 0.6) is 0 Å². The van der Waals surface area contributed by atoms with Gasteiger partial charge in [-0.05, 0) is 37.3 Å². The van der Waals surface area contributed by atoms with E-state index in [2.05, 4.69) is 34.9 Å². The van der Waals surface area contributed by atoms with Crippen LogP contribution in [0.4, 0.5) is 0 Å². The number of rotatable bonds is 7. The van der Waals surface area contributed by atoms with Gasteiger partial charge in [0.25, 0.3) is 0 Å². The average molecular weight is 399 g/mol. The molecule has 1 aliphatic carbocycles. The van der Waals surface area contributed by atoms with E-state index in [1.165, 1.54) is 0 Å². The van der Waals surface area contributed by atoms with Crippen LogP contribution in [0.25, 0.3) is 5.69 Å². The smallest absolute Gasteiger partial charge is 0.141 e. The first-order valence-corrected chi connectivity index (χ1v) is 9.35. The molecule has 1 aromatic heterocycles. The van der Waals surface area contributed by atoms with Gasteiger partial charge in [-0.15, -0.1) is 5.10 Å². The van der Waals surface area contributed by atoms with Crippen molar-refractivity contribution < 1.29 is 9.57 Å². The Morgan fingerprint density at radius 1 is 1.29 bits per heavy atom. The van der Waals surface area contributed by atoms with Gasteiger partial charge < -0.3 is 4.74 Å². The van der Waals surface area contributed by atoms with E-state index >= 15 is 0 Å². The zero-order chi connectivity index (χ0) is 19.9. The van der Waals surface area contributed by atoms with Crippen molar-refractivity contribution >= 4 is 11.6 Å². The molecule has 0 saturated heterocycles. The van der Waals surface area contributed by atoms with Crippen molar-refractivity contribution in [2.75, 3.05) is 7.11 Å². The summed E-state index contributed by atoms with van der Waals surface area (Å²) in [5.41, 5.74) is 5.38. The van der Waals surface area contributed by atoms with Gasteiger partial charge in [-0.25, -0.2) is 4.68 Å². The minimum absolute atomic E-state index is 0.240. The van der Waals surface area contributed by atoms with Crippen LogP contribution in [-0.2, 0) is 9.57 Å². The molecule has 1 N–H and O–H groups in total. The maximum absolute atomic E-state index is 6.24. The lowest BCUT2D eigenvalue weighted by atomic mass is 9.95. The molecule has 0 fully saturated rings. The first-order chi connectivity index (χ1) is 13.6. The molecule has 2 aromatic rings. The zero-order valence-corrected chi connectivity index (χ0v) is 16.8. The minimum Gasteiger partial charge on any atom is -0.484 e. The summed E-state index contributed by atoms with van der Waals surface area (Å²) in [5, 5.41) is 9.14. The highest BCUT2D eigenvalue weighted by Gasteiger charge is 2.17. The van der Waals surface area contributed by atoms with Crippen LogP contribution in [0.1, 0.15) is 25.6 Å². The van der Waals surface area contributed by atoms with Gasteiger partial charge in [-0.3, -0.25) is 10.3 Å². The van der Waals surface area contributed by atoms with Gasteiger partial charge in [-0.1, -0.05) is 48.0 Å². The summed E-state index contributed by atoms with van der Waals surface area (Å²) in [6.07, 6.45) is 13.3. The van der Waals surface area contributed by atoms with E-state index < -0.39 is 0 Å². The van der Waals surface area contributed by atoms with Gasteiger partial charge >= 0.3 is 0 Å². The van der Waals surface area contributed by atoms with E-state index in [1.54, 1.807) is 18.0 Å². The minimum atomic E-state index is -0.290. The van der Waals surface area contributed by atoms with Crippen molar-refractivity contribution in [3.63, 3.8) is 0 Å². The van der Waals surface area contributed by atoms with E-state index in [9.17, 15) is 0 Å². The maximum atomic E-state index is 6.24. The van der Waals surface area contributed by atoms with E-state index in [0.717, 1.165) is 22.7 Å². The molecule has 1 aromatic carbocycles. The molecular formula is C21H23ClN4O2. The SMILES string of the molecule is CONC=CC(OC(C)c1cn(-c2ccc(Cl)cc2)nn1)=C1C=CC=CC1C. The number of allylic oxidation sites excluding steroid dienone is 6. The Kier molecular flexibility index (Phi) is 6.68. The molecule has 0 saturated carbocycles. The summed E-state index contributed by atoms with van der Waals surface area (Å²) in [7, 11) is 1.56. The number of hydrogen-bond acceptors (Lipinski definition) is 5. The Morgan fingerprint density at radius 3 is 2.79 bits per heavy atom. The quantitative estimate of drug-likeness (QED) is 0.542. The van der Waals surface area contributed by atoms with Crippen molar-refractivity contribution in [2.24, 2.45) is 5.92 Å². The van der Waals surface area contributed by atoms with Crippen LogP contribution < -0.4 is 5.48 Å². The fourth-order valence-corrected chi connectivity index (χ4v) is 2.89. The molecule has 0 aliphatic heterocycles. The normalized spacial score (nSPS) is 19.1. The Labute approximate surface area is 169 Å². The molecule has 2 unspecified atom stereocenters. The summed E-state index contributed by atoms with van der Waals surface area (Å²) >= 11 is 5.95. The predicted molar refractivity (Wildman–Crippen MR) is 110 cm³/mol. The molecule has 0 bridgehead atoms. The fraction of sp³-hybridized carbons (Fsp3) is 0.238. The van der Waals surface area contributed by atoms with Crippen LogP contribution >= 0.6 is 11.6 Å². The van der Waals surface area contributed by atoms with Gasteiger partial charge in [0.2, 0.25) is 0 Å². The molecule has 6 nitrogen and oxygen atoms in total. The second-order valence-corrected chi connectivity index (χ2v) is 6.77. The number of hydroxylamine groups is 1. The molecular weight excluding hydrogens is 376 g/mol. The summed E-state index contributed by atoms with van der Waals surface area (Å²) in [5.74, 6) is 0.982. The summed E-state index contributed by atoms with van der Waals surface area (Å²) in [6, 6.07) is 7.41. The number of benzene rings is 1. The van der Waals surface area contributed by atoms with E-state index in [-0.39, 0.29) is 12.0 Å². The number of hydrogen-bond donors (Lipinski definition) is 1. The number of aromatic nitrogens is 3. The lowest BCUT2D eigenvalue weighted by molar-refractivity contribution is 0.123. The second-order valence-electron chi connectivity index (χ2n) is 6.33. The van der Waals surface area contributed by atoms with Gasteiger partial charge in [0, 0.05) is 22.7 Å².